The predicted octanol–water partition coefficient (Wildman–Crippen LogP) is 2.83. The molecule has 0 heterocycles. The normalized spacial score (nSPS) is 13.3. The summed E-state index contributed by atoms with van der Waals surface area (Å²) in [5, 5.41) is 3.47. The summed E-state index contributed by atoms with van der Waals surface area (Å²) in [6.45, 7) is 12.8. The lowest BCUT2D eigenvalue weighted by atomic mass is 10.0. The highest BCUT2D eigenvalue weighted by atomic mass is 14.9. The van der Waals surface area contributed by atoms with Crippen LogP contribution in [0.15, 0.2) is 12.7 Å². The molecule has 0 bridgehead atoms. The van der Waals surface area contributed by atoms with Crippen LogP contribution < -0.4 is 5.32 Å². The molecule has 0 saturated carbocycles. The third-order valence-electron chi connectivity index (χ3n) is 2.06. The maximum atomic E-state index is 3.76. The van der Waals surface area contributed by atoms with Gasteiger partial charge in [-0.05, 0) is 31.3 Å². The van der Waals surface area contributed by atoms with Gasteiger partial charge in [0.15, 0.2) is 0 Å². The van der Waals surface area contributed by atoms with Crippen LogP contribution in [-0.2, 0) is 0 Å². The second-order valence-electron chi connectivity index (χ2n) is 3.85. The van der Waals surface area contributed by atoms with Gasteiger partial charge in [0.1, 0.15) is 0 Å². The van der Waals surface area contributed by atoms with Crippen LogP contribution in [0.2, 0.25) is 0 Å². The van der Waals surface area contributed by atoms with Gasteiger partial charge in [0, 0.05) is 0 Å². The molecule has 0 fully saturated rings. The van der Waals surface area contributed by atoms with E-state index >= 15 is 0 Å². The highest BCUT2D eigenvalue weighted by Gasteiger charge is 2.03. The Hall–Kier alpha value is -0.300. The third kappa shape index (κ3) is 6.41. The smallest absolute Gasteiger partial charge is 0.00175 e. The summed E-state index contributed by atoms with van der Waals surface area (Å²) in [5.41, 5.74) is 0. The summed E-state index contributed by atoms with van der Waals surface area (Å²) in [6, 6.07) is 0. The molecule has 1 nitrogen and oxygen atoms in total. The van der Waals surface area contributed by atoms with E-state index in [1.165, 1.54) is 6.42 Å². The predicted molar refractivity (Wildman–Crippen MR) is 56.3 cm³/mol. The van der Waals surface area contributed by atoms with Gasteiger partial charge in [0.25, 0.3) is 0 Å². The Balaban J connectivity index is 3.37. The van der Waals surface area contributed by atoms with Crippen LogP contribution in [0.4, 0.5) is 0 Å². The van der Waals surface area contributed by atoms with Crippen LogP contribution in [0.5, 0.6) is 0 Å². The van der Waals surface area contributed by atoms with Gasteiger partial charge in [0.05, 0.1) is 0 Å². The third-order valence-corrected chi connectivity index (χ3v) is 2.06. The van der Waals surface area contributed by atoms with Crippen LogP contribution in [0.1, 0.15) is 33.6 Å². The lowest BCUT2D eigenvalue weighted by Crippen LogP contribution is -2.25. The zero-order valence-electron chi connectivity index (χ0n) is 8.77. The quantitative estimate of drug-likeness (QED) is 0.578. The van der Waals surface area contributed by atoms with E-state index in [2.05, 4.69) is 32.7 Å². The molecule has 0 aromatic carbocycles. The van der Waals surface area contributed by atoms with Gasteiger partial charge in [0.2, 0.25) is 0 Å². The number of rotatable bonds is 7. The Kier molecular flexibility index (Phi) is 7.17. The van der Waals surface area contributed by atoms with Crippen molar-refractivity contribution in [2.75, 3.05) is 13.1 Å². The molecule has 0 aliphatic heterocycles. The molecule has 0 amide bonds. The first kappa shape index (κ1) is 11.7. The second-order valence-corrected chi connectivity index (χ2v) is 3.85. The lowest BCUT2D eigenvalue weighted by molar-refractivity contribution is 0.443. The minimum atomic E-state index is 0.756. The first-order chi connectivity index (χ1) is 5.70. The fourth-order valence-electron chi connectivity index (χ4n) is 1.21. The van der Waals surface area contributed by atoms with Crippen molar-refractivity contribution < 1.29 is 0 Å². The van der Waals surface area contributed by atoms with Gasteiger partial charge in [-0.1, -0.05) is 33.3 Å². The molecular formula is C11H23N. The fourth-order valence-corrected chi connectivity index (χ4v) is 1.21. The van der Waals surface area contributed by atoms with E-state index in [1.807, 2.05) is 6.08 Å². The molecule has 1 heteroatoms. The van der Waals surface area contributed by atoms with Crippen LogP contribution in [-0.4, -0.2) is 13.1 Å². The summed E-state index contributed by atoms with van der Waals surface area (Å²) >= 11 is 0. The topological polar surface area (TPSA) is 12.0 Å². The average molecular weight is 169 g/mol. The first-order valence-electron chi connectivity index (χ1n) is 5.02. The average Bonchev–Trinajstić information content (AvgIpc) is 2.02. The highest BCUT2D eigenvalue weighted by molar-refractivity contribution is 4.73. The number of hydrogen-bond acceptors (Lipinski definition) is 1. The Morgan fingerprint density at radius 2 is 2.00 bits per heavy atom. The van der Waals surface area contributed by atoms with Crippen molar-refractivity contribution in [2.24, 2.45) is 11.8 Å². The monoisotopic (exact) mass is 169 g/mol. The molecule has 0 rings (SSSR count). The highest BCUT2D eigenvalue weighted by Crippen LogP contribution is 2.06. The SMILES string of the molecule is C=CCC(CC)CNCC(C)C. The van der Waals surface area contributed by atoms with Gasteiger partial charge in [-0.15, -0.1) is 6.58 Å². The van der Waals surface area contributed by atoms with E-state index in [0.717, 1.165) is 31.3 Å². The Morgan fingerprint density at radius 1 is 1.33 bits per heavy atom. The van der Waals surface area contributed by atoms with Gasteiger partial charge >= 0.3 is 0 Å². The summed E-state index contributed by atoms with van der Waals surface area (Å²) in [6.07, 6.45) is 4.41. The van der Waals surface area contributed by atoms with Gasteiger partial charge in [-0.2, -0.15) is 0 Å². The molecule has 0 spiro atoms. The minimum absolute atomic E-state index is 0.756. The molecule has 0 aromatic heterocycles. The summed E-state index contributed by atoms with van der Waals surface area (Å²) < 4.78 is 0. The number of nitrogens with one attached hydrogen (secondary N) is 1. The Bertz CT molecular complexity index is 108. The molecular weight excluding hydrogens is 146 g/mol. The summed E-state index contributed by atoms with van der Waals surface area (Å²) in [4.78, 5) is 0. The van der Waals surface area contributed by atoms with Crippen LogP contribution in [0, 0.1) is 11.8 Å². The Morgan fingerprint density at radius 3 is 2.42 bits per heavy atom. The van der Waals surface area contributed by atoms with Crippen molar-refractivity contribution in [3.8, 4) is 0 Å². The van der Waals surface area contributed by atoms with Crippen molar-refractivity contribution in [3.05, 3.63) is 12.7 Å². The van der Waals surface area contributed by atoms with E-state index in [0.29, 0.717) is 0 Å². The van der Waals surface area contributed by atoms with Crippen molar-refractivity contribution in [1.82, 2.24) is 5.32 Å². The van der Waals surface area contributed by atoms with Crippen LogP contribution >= 0.6 is 0 Å². The van der Waals surface area contributed by atoms with Crippen molar-refractivity contribution in [1.29, 1.82) is 0 Å². The maximum absolute atomic E-state index is 3.76. The van der Waals surface area contributed by atoms with E-state index in [4.69, 9.17) is 0 Å². The van der Waals surface area contributed by atoms with Crippen LogP contribution in [0.3, 0.4) is 0 Å². The second kappa shape index (κ2) is 7.35. The number of allylic oxidation sites excluding steroid dienone is 1. The minimum Gasteiger partial charge on any atom is -0.316 e. The maximum Gasteiger partial charge on any atom is -0.00175 e. The molecule has 0 saturated heterocycles. The molecule has 0 aromatic rings. The van der Waals surface area contributed by atoms with Gasteiger partial charge in [-0.3, -0.25) is 0 Å². The van der Waals surface area contributed by atoms with Gasteiger partial charge in [-0.25, -0.2) is 0 Å². The molecule has 0 radical (unpaired) electrons. The molecule has 12 heavy (non-hydrogen) atoms. The number of hydrogen-bond donors (Lipinski definition) is 1. The molecule has 0 aliphatic carbocycles. The van der Waals surface area contributed by atoms with Crippen LogP contribution in [0.25, 0.3) is 0 Å². The van der Waals surface area contributed by atoms with E-state index in [-0.39, 0.29) is 0 Å². The largest absolute Gasteiger partial charge is 0.316 e. The summed E-state index contributed by atoms with van der Waals surface area (Å²) in [7, 11) is 0. The molecule has 72 valence electrons. The van der Waals surface area contributed by atoms with E-state index in [1.54, 1.807) is 0 Å². The fraction of sp³-hybridized carbons (Fsp3) is 0.818. The Labute approximate surface area is 77.2 Å². The standard InChI is InChI=1S/C11H23N/c1-5-7-11(6-2)9-12-8-10(3)4/h5,10-12H,1,6-9H2,2-4H3. The molecule has 0 aliphatic rings. The molecule has 1 N–H and O–H groups in total. The van der Waals surface area contributed by atoms with E-state index < -0.39 is 0 Å². The lowest BCUT2D eigenvalue weighted by Gasteiger charge is -2.14. The summed E-state index contributed by atoms with van der Waals surface area (Å²) in [5.74, 6) is 1.53. The molecule has 1 atom stereocenters. The zero-order valence-corrected chi connectivity index (χ0v) is 8.77. The van der Waals surface area contributed by atoms with Gasteiger partial charge < -0.3 is 5.32 Å². The first-order valence-corrected chi connectivity index (χ1v) is 5.02. The van der Waals surface area contributed by atoms with E-state index in [9.17, 15) is 0 Å². The van der Waals surface area contributed by atoms with Crippen molar-refractivity contribution in [3.63, 3.8) is 0 Å². The zero-order chi connectivity index (χ0) is 9.40. The van der Waals surface area contributed by atoms with Crippen molar-refractivity contribution >= 4 is 0 Å². The van der Waals surface area contributed by atoms with Crippen molar-refractivity contribution in [2.45, 2.75) is 33.6 Å². The molecule has 1 unspecified atom stereocenters.